The Labute approximate surface area is 118 Å². The van der Waals surface area contributed by atoms with Gasteiger partial charge in [0.1, 0.15) is 5.52 Å². The average molecular weight is 324 g/mol. The Morgan fingerprint density at radius 3 is 2.79 bits per heavy atom. The lowest BCUT2D eigenvalue weighted by atomic mass is 9.83. The molecule has 0 bridgehead atoms. The molecule has 0 aliphatic heterocycles. The summed E-state index contributed by atoms with van der Waals surface area (Å²) in [6.45, 7) is 0. The van der Waals surface area contributed by atoms with Gasteiger partial charge in [0.2, 0.25) is 0 Å². The van der Waals surface area contributed by atoms with E-state index in [1.807, 2.05) is 18.2 Å². The smallest absolute Gasteiger partial charge is 0.310 e. The van der Waals surface area contributed by atoms with Gasteiger partial charge in [0.15, 0.2) is 11.5 Å². The molecular formula is C14H14BrNO3. The van der Waals surface area contributed by atoms with Crippen molar-refractivity contribution in [3.63, 3.8) is 0 Å². The molecular weight excluding hydrogens is 310 g/mol. The Kier molecular flexibility index (Phi) is 3.09. The first-order valence-electron chi connectivity index (χ1n) is 6.38. The number of fused-ring (bicyclic) bond motifs is 1. The molecule has 2 aromatic rings. The number of halogens is 1. The van der Waals surface area contributed by atoms with Gasteiger partial charge in [-0.2, -0.15) is 0 Å². The molecule has 100 valence electrons. The quantitative estimate of drug-likeness (QED) is 0.933. The van der Waals surface area contributed by atoms with E-state index in [9.17, 15) is 9.90 Å². The van der Waals surface area contributed by atoms with Gasteiger partial charge in [0, 0.05) is 6.42 Å². The molecule has 0 radical (unpaired) electrons. The standard InChI is InChI=1S/C14H14BrNO3/c15-9-4-3-5-10-12(9)19-11(16-10)8-14(13(17)18)6-1-2-7-14/h3-5H,1-2,6-8H2,(H,17,18). The summed E-state index contributed by atoms with van der Waals surface area (Å²) >= 11 is 3.42. The molecule has 0 spiro atoms. The average Bonchev–Trinajstić information content (AvgIpc) is 2.97. The zero-order chi connectivity index (χ0) is 13.5. The summed E-state index contributed by atoms with van der Waals surface area (Å²) in [5.74, 6) is -0.211. The van der Waals surface area contributed by atoms with Crippen molar-refractivity contribution in [3.8, 4) is 0 Å². The van der Waals surface area contributed by atoms with E-state index in [2.05, 4.69) is 20.9 Å². The summed E-state index contributed by atoms with van der Waals surface area (Å²) in [5, 5.41) is 9.48. The van der Waals surface area contributed by atoms with Crippen LogP contribution in [0.1, 0.15) is 31.6 Å². The maximum atomic E-state index is 11.5. The molecule has 0 unspecified atom stereocenters. The third-order valence-corrected chi connectivity index (χ3v) is 4.54. The molecule has 1 fully saturated rings. The van der Waals surface area contributed by atoms with Gasteiger partial charge in [-0.25, -0.2) is 4.98 Å². The Morgan fingerprint density at radius 2 is 2.16 bits per heavy atom. The number of hydrogen-bond donors (Lipinski definition) is 1. The highest BCUT2D eigenvalue weighted by Crippen LogP contribution is 2.41. The molecule has 1 aliphatic rings. The van der Waals surface area contributed by atoms with E-state index in [1.165, 1.54) is 0 Å². The normalized spacial score (nSPS) is 17.9. The zero-order valence-electron chi connectivity index (χ0n) is 10.4. The fourth-order valence-electron chi connectivity index (χ4n) is 2.84. The molecule has 19 heavy (non-hydrogen) atoms. The number of benzene rings is 1. The molecule has 0 amide bonds. The molecule has 1 N–H and O–H groups in total. The van der Waals surface area contributed by atoms with Crippen molar-refractivity contribution in [2.24, 2.45) is 5.41 Å². The van der Waals surface area contributed by atoms with Crippen LogP contribution in [0.15, 0.2) is 27.1 Å². The van der Waals surface area contributed by atoms with Gasteiger partial charge in [0.05, 0.1) is 9.89 Å². The number of carbonyl (C=O) groups is 1. The number of rotatable bonds is 3. The number of para-hydroxylation sites is 1. The highest BCUT2D eigenvalue weighted by Gasteiger charge is 2.42. The van der Waals surface area contributed by atoms with Gasteiger partial charge in [-0.05, 0) is 40.9 Å². The van der Waals surface area contributed by atoms with E-state index in [4.69, 9.17) is 4.42 Å². The van der Waals surface area contributed by atoms with Crippen LogP contribution in [0.4, 0.5) is 0 Å². The molecule has 1 aliphatic carbocycles. The number of aromatic nitrogens is 1. The molecule has 0 atom stereocenters. The van der Waals surface area contributed by atoms with Crippen LogP contribution in [-0.4, -0.2) is 16.1 Å². The van der Waals surface area contributed by atoms with Crippen molar-refractivity contribution in [3.05, 3.63) is 28.6 Å². The number of carboxylic acid groups (broad SMARTS) is 1. The van der Waals surface area contributed by atoms with E-state index in [-0.39, 0.29) is 0 Å². The van der Waals surface area contributed by atoms with E-state index in [0.29, 0.717) is 30.7 Å². The number of hydrogen-bond acceptors (Lipinski definition) is 3. The van der Waals surface area contributed by atoms with E-state index < -0.39 is 11.4 Å². The minimum absolute atomic E-state index is 0.378. The highest BCUT2D eigenvalue weighted by molar-refractivity contribution is 9.10. The molecule has 4 nitrogen and oxygen atoms in total. The highest BCUT2D eigenvalue weighted by atomic mass is 79.9. The lowest BCUT2D eigenvalue weighted by Crippen LogP contribution is -2.30. The fraction of sp³-hybridized carbons (Fsp3) is 0.429. The van der Waals surface area contributed by atoms with Gasteiger partial charge in [-0.3, -0.25) is 4.79 Å². The summed E-state index contributed by atoms with van der Waals surface area (Å²) in [6.07, 6.45) is 3.74. The van der Waals surface area contributed by atoms with Crippen LogP contribution in [0.3, 0.4) is 0 Å². The first-order chi connectivity index (χ1) is 9.11. The molecule has 1 saturated carbocycles. The molecule has 1 heterocycles. The Balaban J connectivity index is 1.96. The lowest BCUT2D eigenvalue weighted by molar-refractivity contribution is -0.148. The first-order valence-corrected chi connectivity index (χ1v) is 7.17. The maximum absolute atomic E-state index is 11.5. The minimum atomic E-state index is -0.730. The Morgan fingerprint density at radius 1 is 1.42 bits per heavy atom. The van der Waals surface area contributed by atoms with Crippen LogP contribution in [-0.2, 0) is 11.2 Å². The fourth-order valence-corrected chi connectivity index (χ4v) is 3.28. The summed E-state index contributed by atoms with van der Waals surface area (Å²) in [5.41, 5.74) is 0.770. The minimum Gasteiger partial charge on any atom is -0.481 e. The van der Waals surface area contributed by atoms with E-state index in [0.717, 1.165) is 22.8 Å². The van der Waals surface area contributed by atoms with Gasteiger partial charge in [-0.1, -0.05) is 18.9 Å². The number of aliphatic carboxylic acids is 1. The summed E-state index contributed by atoms with van der Waals surface area (Å²) in [7, 11) is 0. The number of nitrogens with zero attached hydrogens (tertiary/aromatic N) is 1. The van der Waals surface area contributed by atoms with Crippen LogP contribution >= 0.6 is 15.9 Å². The van der Waals surface area contributed by atoms with Crippen LogP contribution in [0.25, 0.3) is 11.1 Å². The number of carboxylic acids is 1. The largest absolute Gasteiger partial charge is 0.481 e. The Hall–Kier alpha value is -1.36. The van der Waals surface area contributed by atoms with Crippen LogP contribution in [0.2, 0.25) is 0 Å². The second-order valence-electron chi connectivity index (χ2n) is 5.17. The van der Waals surface area contributed by atoms with Crippen molar-refractivity contribution in [1.29, 1.82) is 0 Å². The maximum Gasteiger partial charge on any atom is 0.310 e. The van der Waals surface area contributed by atoms with Crippen LogP contribution in [0, 0.1) is 5.41 Å². The Bertz CT molecular complexity index is 629. The molecule has 1 aromatic carbocycles. The molecule has 0 saturated heterocycles. The predicted octanol–water partition coefficient (Wildman–Crippen LogP) is 3.78. The lowest BCUT2D eigenvalue weighted by Gasteiger charge is -2.21. The second kappa shape index (κ2) is 4.63. The molecule has 1 aromatic heterocycles. The van der Waals surface area contributed by atoms with Gasteiger partial charge < -0.3 is 9.52 Å². The zero-order valence-corrected chi connectivity index (χ0v) is 11.9. The first kappa shape index (κ1) is 12.7. The summed E-state index contributed by atoms with van der Waals surface area (Å²) in [6, 6.07) is 5.65. The second-order valence-corrected chi connectivity index (χ2v) is 6.02. The summed E-state index contributed by atoms with van der Waals surface area (Å²) in [4.78, 5) is 15.9. The van der Waals surface area contributed by atoms with E-state index in [1.54, 1.807) is 0 Å². The topological polar surface area (TPSA) is 63.3 Å². The third-order valence-electron chi connectivity index (χ3n) is 3.92. The van der Waals surface area contributed by atoms with Crippen molar-refractivity contribution >= 4 is 33.0 Å². The predicted molar refractivity (Wildman–Crippen MR) is 73.9 cm³/mol. The van der Waals surface area contributed by atoms with Crippen molar-refractivity contribution in [1.82, 2.24) is 4.98 Å². The van der Waals surface area contributed by atoms with Gasteiger partial charge in [0.25, 0.3) is 0 Å². The van der Waals surface area contributed by atoms with Gasteiger partial charge >= 0.3 is 5.97 Å². The van der Waals surface area contributed by atoms with Crippen LogP contribution < -0.4 is 0 Å². The van der Waals surface area contributed by atoms with Crippen molar-refractivity contribution < 1.29 is 14.3 Å². The van der Waals surface area contributed by atoms with E-state index >= 15 is 0 Å². The number of oxazole rings is 1. The summed E-state index contributed by atoms with van der Waals surface area (Å²) < 4.78 is 6.56. The molecule has 5 heteroatoms. The monoisotopic (exact) mass is 323 g/mol. The SMILES string of the molecule is O=C(O)C1(Cc2nc3cccc(Br)c3o2)CCCC1. The van der Waals surface area contributed by atoms with Gasteiger partial charge in [-0.15, -0.1) is 0 Å². The van der Waals surface area contributed by atoms with Crippen molar-refractivity contribution in [2.75, 3.05) is 0 Å². The third kappa shape index (κ3) is 2.16. The van der Waals surface area contributed by atoms with Crippen LogP contribution in [0.5, 0.6) is 0 Å². The molecule has 3 rings (SSSR count). The van der Waals surface area contributed by atoms with Crippen molar-refractivity contribution in [2.45, 2.75) is 32.1 Å².